The first-order valence-corrected chi connectivity index (χ1v) is 11.3. The number of nitrogens with one attached hydrogen (secondary N) is 2. The maximum Gasteiger partial charge on any atom is 0.255 e. The minimum Gasteiger partial charge on any atom is -0.322 e. The zero-order valence-corrected chi connectivity index (χ0v) is 17.9. The van der Waals surface area contributed by atoms with Gasteiger partial charge in [0.2, 0.25) is 0 Å². The number of nitrogens with zero attached hydrogens (tertiary/aromatic N) is 2. The quantitative estimate of drug-likeness (QED) is 0.482. The van der Waals surface area contributed by atoms with E-state index in [1.807, 2.05) is 42.5 Å². The summed E-state index contributed by atoms with van der Waals surface area (Å²) in [4.78, 5) is 15.1. The molecule has 4 rings (SSSR count). The first kappa shape index (κ1) is 20.6. The summed E-state index contributed by atoms with van der Waals surface area (Å²) in [6.45, 7) is 5.78. The van der Waals surface area contributed by atoms with Gasteiger partial charge in [0, 0.05) is 22.6 Å². The number of unbranched alkanes of at least 4 members (excludes halogenated alkanes) is 3. The minimum atomic E-state index is -0.0867. The molecule has 2 aromatic carbocycles. The number of likely N-dealkylation sites (tertiary alicyclic amines) is 1. The smallest absolute Gasteiger partial charge is 0.255 e. The number of rotatable bonds is 8. The molecule has 158 valence electrons. The van der Waals surface area contributed by atoms with Crippen molar-refractivity contribution in [3.8, 4) is 0 Å². The molecule has 0 bridgehead atoms. The van der Waals surface area contributed by atoms with E-state index < -0.39 is 0 Å². The van der Waals surface area contributed by atoms with Crippen molar-refractivity contribution in [3.05, 3.63) is 59.8 Å². The van der Waals surface area contributed by atoms with Crippen molar-refractivity contribution in [1.29, 1.82) is 0 Å². The number of aromatic nitrogens is 2. The molecule has 0 saturated carbocycles. The van der Waals surface area contributed by atoms with Gasteiger partial charge >= 0.3 is 0 Å². The van der Waals surface area contributed by atoms with E-state index in [1.165, 1.54) is 32.2 Å². The van der Waals surface area contributed by atoms with Crippen LogP contribution in [0.3, 0.4) is 0 Å². The van der Waals surface area contributed by atoms with Crippen LogP contribution in [0.15, 0.2) is 48.5 Å². The van der Waals surface area contributed by atoms with Gasteiger partial charge < -0.3 is 10.2 Å². The van der Waals surface area contributed by atoms with Gasteiger partial charge in [-0.25, -0.2) is 0 Å². The van der Waals surface area contributed by atoms with Crippen molar-refractivity contribution in [2.24, 2.45) is 0 Å². The van der Waals surface area contributed by atoms with Crippen molar-refractivity contribution in [2.45, 2.75) is 51.4 Å². The Kier molecular flexibility index (Phi) is 6.80. The number of carbonyl (C=O) groups is 1. The van der Waals surface area contributed by atoms with Gasteiger partial charge in [-0.1, -0.05) is 44.4 Å². The molecule has 0 atom stereocenters. The maximum atomic E-state index is 12.5. The number of amides is 1. The van der Waals surface area contributed by atoms with E-state index in [-0.39, 0.29) is 5.91 Å². The molecule has 1 saturated heterocycles. The Bertz CT molecular complexity index is 958. The van der Waals surface area contributed by atoms with Crippen molar-refractivity contribution in [3.63, 3.8) is 0 Å². The summed E-state index contributed by atoms with van der Waals surface area (Å²) in [5.74, 6) is 0.391. The largest absolute Gasteiger partial charge is 0.322 e. The number of aromatic amines is 1. The van der Waals surface area contributed by atoms with Gasteiger partial charge in [-0.15, -0.1) is 0 Å². The van der Waals surface area contributed by atoms with Crippen LogP contribution in [0, 0.1) is 0 Å². The van der Waals surface area contributed by atoms with Crippen molar-refractivity contribution in [2.75, 3.05) is 25.0 Å². The van der Waals surface area contributed by atoms with Gasteiger partial charge in [-0.05, 0) is 69.2 Å². The van der Waals surface area contributed by atoms with Gasteiger partial charge in [-0.3, -0.25) is 9.89 Å². The lowest BCUT2D eigenvalue weighted by Crippen LogP contribution is -2.33. The molecule has 0 spiro atoms. The van der Waals surface area contributed by atoms with Crippen LogP contribution in [0.1, 0.15) is 67.4 Å². The summed E-state index contributed by atoms with van der Waals surface area (Å²) in [5, 5.41) is 12.0. The van der Waals surface area contributed by atoms with E-state index in [2.05, 4.69) is 33.4 Å². The summed E-state index contributed by atoms with van der Waals surface area (Å²) in [5.41, 5.74) is 3.65. The highest BCUT2D eigenvalue weighted by Gasteiger charge is 2.24. The molecule has 0 radical (unpaired) electrons. The number of benzene rings is 2. The number of H-pyrrole nitrogens is 1. The van der Waals surface area contributed by atoms with Crippen LogP contribution < -0.4 is 5.32 Å². The van der Waals surface area contributed by atoms with Crippen LogP contribution in [-0.4, -0.2) is 40.6 Å². The standard InChI is InChI=1S/C25H32N4O/c1-2-3-4-8-15-29-16-13-19(14-17-29)24-22-18-21(11-12-23(22)27-28-24)26-25(30)20-9-6-5-7-10-20/h5-7,9-12,18-19H,2-4,8,13-17H2,1H3,(H,26,30)(H,27,28). The average molecular weight is 405 g/mol. The number of fused-ring (bicyclic) bond motifs is 1. The Morgan fingerprint density at radius 2 is 1.90 bits per heavy atom. The molecule has 30 heavy (non-hydrogen) atoms. The van der Waals surface area contributed by atoms with Gasteiger partial charge in [0.15, 0.2) is 0 Å². The monoisotopic (exact) mass is 404 g/mol. The lowest BCUT2D eigenvalue weighted by molar-refractivity contribution is 0.102. The summed E-state index contributed by atoms with van der Waals surface area (Å²) in [6.07, 6.45) is 7.59. The first-order valence-electron chi connectivity index (χ1n) is 11.3. The maximum absolute atomic E-state index is 12.5. The van der Waals surface area contributed by atoms with E-state index in [4.69, 9.17) is 0 Å². The molecular formula is C25H32N4O. The number of hydrogen-bond acceptors (Lipinski definition) is 3. The molecule has 1 amide bonds. The zero-order valence-electron chi connectivity index (χ0n) is 17.9. The number of anilines is 1. The van der Waals surface area contributed by atoms with Crippen LogP contribution in [0.2, 0.25) is 0 Å². The molecule has 2 N–H and O–H groups in total. The molecule has 5 heteroatoms. The van der Waals surface area contributed by atoms with Crippen LogP contribution in [-0.2, 0) is 0 Å². The third-order valence-electron chi connectivity index (χ3n) is 6.19. The van der Waals surface area contributed by atoms with Crippen LogP contribution in [0.25, 0.3) is 10.9 Å². The lowest BCUT2D eigenvalue weighted by Gasteiger charge is -2.31. The predicted molar refractivity (Wildman–Crippen MR) is 123 cm³/mol. The molecular weight excluding hydrogens is 372 g/mol. The third kappa shape index (κ3) is 4.90. The highest BCUT2D eigenvalue weighted by molar-refractivity contribution is 6.05. The summed E-state index contributed by atoms with van der Waals surface area (Å²) < 4.78 is 0. The second kappa shape index (κ2) is 9.90. The SMILES string of the molecule is CCCCCCN1CCC(c2n[nH]c3ccc(NC(=O)c4ccccc4)cc23)CC1. The fraction of sp³-hybridized carbons (Fsp3) is 0.440. The minimum absolute atomic E-state index is 0.0867. The van der Waals surface area contributed by atoms with E-state index in [9.17, 15) is 4.79 Å². The lowest BCUT2D eigenvalue weighted by atomic mass is 9.91. The fourth-order valence-corrected chi connectivity index (χ4v) is 4.41. The second-order valence-electron chi connectivity index (χ2n) is 8.37. The predicted octanol–water partition coefficient (Wildman–Crippen LogP) is 5.57. The van der Waals surface area contributed by atoms with Crippen LogP contribution in [0.5, 0.6) is 0 Å². The van der Waals surface area contributed by atoms with Crippen molar-refractivity contribution < 1.29 is 4.79 Å². The summed E-state index contributed by atoms with van der Waals surface area (Å²) in [7, 11) is 0. The third-order valence-corrected chi connectivity index (χ3v) is 6.19. The van der Waals surface area contributed by atoms with Crippen LogP contribution in [0.4, 0.5) is 5.69 Å². The Morgan fingerprint density at radius 1 is 1.10 bits per heavy atom. The fourth-order valence-electron chi connectivity index (χ4n) is 4.41. The molecule has 0 unspecified atom stereocenters. The molecule has 1 aromatic heterocycles. The number of piperidine rings is 1. The molecule has 3 aromatic rings. The Hall–Kier alpha value is -2.66. The van der Waals surface area contributed by atoms with Gasteiger partial charge in [0.1, 0.15) is 0 Å². The molecule has 0 aliphatic carbocycles. The molecule has 1 aliphatic heterocycles. The van der Waals surface area contributed by atoms with Crippen LogP contribution >= 0.6 is 0 Å². The highest BCUT2D eigenvalue weighted by atomic mass is 16.1. The van der Waals surface area contributed by atoms with E-state index in [0.717, 1.165) is 48.2 Å². The Labute approximate surface area is 178 Å². The van der Waals surface area contributed by atoms with E-state index in [1.54, 1.807) is 0 Å². The topological polar surface area (TPSA) is 61.0 Å². The Balaban J connectivity index is 1.40. The van der Waals surface area contributed by atoms with Gasteiger partial charge in [-0.2, -0.15) is 5.10 Å². The average Bonchev–Trinajstić information content (AvgIpc) is 3.21. The number of carbonyl (C=O) groups excluding carboxylic acids is 1. The second-order valence-corrected chi connectivity index (χ2v) is 8.37. The zero-order chi connectivity index (χ0) is 20.8. The van der Waals surface area contributed by atoms with Gasteiger partial charge in [0.05, 0.1) is 11.2 Å². The molecule has 1 aliphatic rings. The molecule has 5 nitrogen and oxygen atoms in total. The summed E-state index contributed by atoms with van der Waals surface area (Å²) >= 11 is 0. The number of hydrogen-bond donors (Lipinski definition) is 2. The first-order chi connectivity index (χ1) is 14.7. The highest BCUT2D eigenvalue weighted by Crippen LogP contribution is 2.33. The molecule has 2 heterocycles. The molecule has 1 fully saturated rings. The van der Waals surface area contributed by atoms with Crippen molar-refractivity contribution in [1.82, 2.24) is 15.1 Å². The van der Waals surface area contributed by atoms with Crippen molar-refractivity contribution >= 4 is 22.5 Å². The van der Waals surface area contributed by atoms with E-state index >= 15 is 0 Å². The Morgan fingerprint density at radius 3 is 2.67 bits per heavy atom. The van der Waals surface area contributed by atoms with E-state index in [0.29, 0.717) is 11.5 Å². The summed E-state index contributed by atoms with van der Waals surface area (Å²) in [6, 6.07) is 15.3. The van der Waals surface area contributed by atoms with Gasteiger partial charge in [0.25, 0.3) is 5.91 Å². The normalized spacial score (nSPS) is 15.5.